The molecule has 1 unspecified atom stereocenters. The van der Waals surface area contributed by atoms with Gasteiger partial charge in [-0.2, -0.15) is 0 Å². The van der Waals surface area contributed by atoms with Gasteiger partial charge < -0.3 is 15.5 Å². The van der Waals surface area contributed by atoms with Crippen LogP contribution in [0.2, 0.25) is 0 Å². The molecule has 1 aromatic carbocycles. The fourth-order valence-electron chi connectivity index (χ4n) is 3.00. The maximum Gasteiger partial charge on any atom is 0.227 e. The largest absolute Gasteiger partial charge is 0.359 e. The Morgan fingerprint density at radius 3 is 2.65 bits per heavy atom. The van der Waals surface area contributed by atoms with E-state index in [1.807, 2.05) is 13.8 Å². The summed E-state index contributed by atoms with van der Waals surface area (Å²) in [7, 11) is 3.47. The lowest BCUT2D eigenvalue weighted by Crippen LogP contribution is -2.48. The van der Waals surface area contributed by atoms with E-state index in [0.717, 1.165) is 25.5 Å². The van der Waals surface area contributed by atoms with E-state index in [1.165, 1.54) is 5.56 Å². The fraction of sp³-hybridized carbons (Fsp3) is 0.556. The average Bonchev–Trinajstić information content (AvgIpc) is 3.05. The number of guanidine groups is 1. The summed E-state index contributed by atoms with van der Waals surface area (Å²) in [4.78, 5) is 18.5. The Labute approximate surface area is 139 Å². The standard InChI is InChI=1S/C18H28N4O/c1-18(2,16(23)19-3)13-21-17(20-4)22-11-10-15(12-22)14-8-6-5-7-9-14/h5-9,15H,10-13H2,1-4H3,(H,19,23)(H,20,21). The van der Waals surface area contributed by atoms with Gasteiger partial charge in [-0.1, -0.05) is 30.3 Å². The summed E-state index contributed by atoms with van der Waals surface area (Å²) < 4.78 is 0. The van der Waals surface area contributed by atoms with Gasteiger partial charge in [0.2, 0.25) is 5.91 Å². The number of carbonyl (C=O) groups is 1. The van der Waals surface area contributed by atoms with E-state index in [9.17, 15) is 4.79 Å². The second kappa shape index (κ2) is 7.49. The monoisotopic (exact) mass is 316 g/mol. The van der Waals surface area contributed by atoms with Crippen LogP contribution in [-0.2, 0) is 4.79 Å². The van der Waals surface area contributed by atoms with Crippen LogP contribution < -0.4 is 10.6 Å². The maximum absolute atomic E-state index is 11.9. The van der Waals surface area contributed by atoms with Crippen molar-refractivity contribution in [1.82, 2.24) is 15.5 Å². The van der Waals surface area contributed by atoms with Crippen LogP contribution in [0.25, 0.3) is 0 Å². The second-order valence-electron chi connectivity index (χ2n) is 6.71. The Bertz CT molecular complexity index is 553. The number of benzene rings is 1. The zero-order chi connectivity index (χ0) is 16.9. The highest BCUT2D eigenvalue weighted by Gasteiger charge is 2.29. The molecule has 1 aliphatic rings. The molecular weight excluding hydrogens is 288 g/mol. The van der Waals surface area contributed by atoms with Crippen molar-refractivity contribution < 1.29 is 4.79 Å². The molecule has 126 valence electrons. The molecule has 1 aliphatic heterocycles. The number of rotatable bonds is 4. The van der Waals surface area contributed by atoms with Gasteiger partial charge in [0, 0.05) is 39.6 Å². The second-order valence-corrected chi connectivity index (χ2v) is 6.71. The number of amides is 1. The molecule has 23 heavy (non-hydrogen) atoms. The Morgan fingerprint density at radius 1 is 1.35 bits per heavy atom. The molecule has 1 amide bonds. The highest BCUT2D eigenvalue weighted by atomic mass is 16.2. The summed E-state index contributed by atoms with van der Waals surface area (Å²) in [5.74, 6) is 1.45. The lowest BCUT2D eigenvalue weighted by atomic mass is 9.92. The first-order valence-electron chi connectivity index (χ1n) is 8.20. The predicted molar refractivity (Wildman–Crippen MR) is 94.6 cm³/mol. The maximum atomic E-state index is 11.9. The summed E-state index contributed by atoms with van der Waals surface area (Å²) in [5, 5.41) is 6.07. The molecule has 0 aliphatic carbocycles. The van der Waals surface area contributed by atoms with Gasteiger partial charge in [-0.25, -0.2) is 0 Å². The van der Waals surface area contributed by atoms with E-state index in [-0.39, 0.29) is 5.91 Å². The van der Waals surface area contributed by atoms with Crippen LogP contribution in [-0.4, -0.2) is 50.5 Å². The first kappa shape index (κ1) is 17.3. The van der Waals surface area contributed by atoms with E-state index in [0.29, 0.717) is 12.5 Å². The van der Waals surface area contributed by atoms with Gasteiger partial charge in [0.25, 0.3) is 0 Å². The summed E-state index contributed by atoms with van der Waals surface area (Å²) in [6.45, 7) is 6.38. The van der Waals surface area contributed by atoms with Crippen molar-refractivity contribution >= 4 is 11.9 Å². The quantitative estimate of drug-likeness (QED) is 0.658. The van der Waals surface area contributed by atoms with Gasteiger partial charge in [0.15, 0.2) is 5.96 Å². The minimum Gasteiger partial charge on any atom is -0.359 e. The predicted octanol–water partition coefficient (Wildman–Crippen LogP) is 1.82. The summed E-state index contributed by atoms with van der Waals surface area (Å²) in [5.41, 5.74) is 0.916. The molecule has 0 spiro atoms. The topological polar surface area (TPSA) is 56.7 Å². The summed E-state index contributed by atoms with van der Waals surface area (Å²) in [6, 6.07) is 10.6. The van der Waals surface area contributed by atoms with Crippen LogP contribution in [0, 0.1) is 5.41 Å². The van der Waals surface area contributed by atoms with Gasteiger partial charge in [-0.15, -0.1) is 0 Å². The molecule has 1 saturated heterocycles. The first-order valence-corrected chi connectivity index (χ1v) is 8.20. The zero-order valence-electron chi connectivity index (χ0n) is 14.6. The van der Waals surface area contributed by atoms with E-state index in [1.54, 1.807) is 14.1 Å². The minimum atomic E-state index is -0.469. The lowest BCUT2D eigenvalue weighted by Gasteiger charge is -2.27. The van der Waals surface area contributed by atoms with Gasteiger partial charge in [0.05, 0.1) is 5.41 Å². The van der Waals surface area contributed by atoms with Crippen molar-refractivity contribution in [1.29, 1.82) is 0 Å². The number of carbonyl (C=O) groups excluding carboxylic acids is 1. The number of hydrogen-bond acceptors (Lipinski definition) is 2. The molecular formula is C18H28N4O. The van der Waals surface area contributed by atoms with Crippen LogP contribution >= 0.6 is 0 Å². The van der Waals surface area contributed by atoms with Crippen molar-refractivity contribution in [3.8, 4) is 0 Å². The lowest BCUT2D eigenvalue weighted by molar-refractivity contribution is -0.128. The summed E-state index contributed by atoms with van der Waals surface area (Å²) in [6.07, 6.45) is 1.13. The number of aliphatic imine (C=N–C) groups is 1. The minimum absolute atomic E-state index is 0.0315. The van der Waals surface area contributed by atoms with Crippen molar-refractivity contribution in [2.24, 2.45) is 10.4 Å². The molecule has 5 heteroatoms. The highest BCUT2D eigenvalue weighted by Crippen LogP contribution is 2.27. The van der Waals surface area contributed by atoms with Crippen molar-refractivity contribution in [2.75, 3.05) is 33.7 Å². The molecule has 1 aromatic rings. The van der Waals surface area contributed by atoms with E-state index < -0.39 is 5.41 Å². The van der Waals surface area contributed by atoms with Gasteiger partial charge in [0.1, 0.15) is 0 Å². The Hall–Kier alpha value is -2.04. The van der Waals surface area contributed by atoms with Crippen LogP contribution in [0.5, 0.6) is 0 Å². The number of nitrogens with one attached hydrogen (secondary N) is 2. The SMILES string of the molecule is CN=C(NCC(C)(C)C(=O)NC)N1CCC(c2ccccc2)C1. The zero-order valence-corrected chi connectivity index (χ0v) is 14.6. The molecule has 0 radical (unpaired) electrons. The molecule has 1 fully saturated rings. The normalized spacial score (nSPS) is 18.9. The number of nitrogens with zero attached hydrogens (tertiary/aromatic N) is 2. The average molecular weight is 316 g/mol. The van der Waals surface area contributed by atoms with Crippen molar-refractivity contribution in [2.45, 2.75) is 26.2 Å². The first-order chi connectivity index (χ1) is 11.0. The van der Waals surface area contributed by atoms with E-state index in [2.05, 4.69) is 50.9 Å². The molecule has 1 atom stereocenters. The molecule has 0 bridgehead atoms. The van der Waals surface area contributed by atoms with Crippen LogP contribution in [0.4, 0.5) is 0 Å². The molecule has 2 N–H and O–H groups in total. The van der Waals surface area contributed by atoms with E-state index in [4.69, 9.17) is 0 Å². The van der Waals surface area contributed by atoms with E-state index >= 15 is 0 Å². The highest BCUT2D eigenvalue weighted by molar-refractivity contribution is 5.84. The third-order valence-electron chi connectivity index (χ3n) is 4.50. The molecule has 0 saturated carbocycles. The molecule has 0 aromatic heterocycles. The smallest absolute Gasteiger partial charge is 0.227 e. The Kier molecular flexibility index (Phi) is 5.64. The van der Waals surface area contributed by atoms with Crippen LogP contribution in [0.3, 0.4) is 0 Å². The van der Waals surface area contributed by atoms with Crippen LogP contribution in [0.1, 0.15) is 31.7 Å². The molecule has 1 heterocycles. The van der Waals surface area contributed by atoms with Crippen molar-refractivity contribution in [3.63, 3.8) is 0 Å². The molecule has 2 rings (SSSR count). The third-order valence-corrected chi connectivity index (χ3v) is 4.50. The fourth-order valence-corrected chi connectivity index (χ4v) is 3.00. The summed E-state index contributed by atoms with van der Waals surface area (Å²) >= 11 is 0. The Balaban J connectivity index is 1.94. The Morgan fingerprint density at radius 2 is 2.04 bits per heavy atom. The van der Waals surface area contributed by atoms with Gasteiger partial charge >= 0.3 is 0 Å². The third kappa shape index (κ3) is 4.24. The van der Waals surface area contributed by atoms with Crippen LogP contribution in [0.15, 0.2) is 35.3 Å². The molecule has 5 nitrogen and oxygen atoms in total. The van der Waals surface area contributed by atoms with Crippen molar-refractivity contribution in [3.05, 3.63) is 35.9 Å². The van der Waals surface area contributed by atoms with Gasteiger partial charge in [-0.05, 0) is 25.8 Å². The number of likely N-dealkylation sites (tertiary alicyclic amines) is 1. The number of hydrogen-bond donors (Lipinski definition) is 2. The van der Waals surface area contributed by atoms with Gasteiger partial charge in [-0.3, -0.25) is 9.79 Å².